The molecule has 1 heterocycles. The van der Waals surface area contributed by atoms with E-state index in [-0.39, 0.29) is 5.43 Å². The number of anilines is 1. The molecule has 0 spiro atoms. The zero-order valence-corrected chi connectivity index (χ0v) is 18.3. The van der Waals surface area contributed by atoms with Crippen LogP contribution < -0.4 is 20.2 Å². The van der Waals surface area contributed by atoms with Crippen LogP contribution in [0.4, 0.5) is 5.00 Å². The Bertz CT molecular complexity index is 1350. The van der Waals surface area contributed by atoms with E-state index in [0.29, 0.717) is 43.6 Å². The first-order chi connectivity index (χ1) is 15.0. The lowest BCUT2D eigenvalue weighted by Crippen LogP contribution is -2.16. The predicted octanol–water partition coefficient (Wildman–Crippen LogP) is 5.85. The molecule has 0 unspecified atom stereocenters. The van der Waals surface area contributed by atoms with Crippen molar-refractivity contribution in [1.82, 2.24) is 0 Å². The number of amides is 1. The SMILES string of the molecule is COc1ccc(-c2c(NC(=O)c3ccccc3Cl)sc3ccccc3c2=O)cc1OC. The van der Waals surface area contributed by atoms with Crippen LogP contribution in [-0.2, 0) is 0 Å². The van der Waals surface area contributed by atoms with Gasteiger partial charge >= 0.3 is 0 Å². The lowest BCUT2D eigenvalue weighted by atomic mass is 10.0. The molecule has 31 heavy (non-hydrogen) atoms. The van der Waals surface area contributed by atoms with E-state index in [1.54, 1.807) is 55.6 Å². The number of halogens is 1. The number of carbonyl (C=O) groups excluding carboxylic acids is 1. The van der Waals surface area contributed by atoms with Crippen LogP contribution in [0.5, 0.6) is 11.5 Å². The third kappa shape index (κ3) is 4.00. The van der Waals surface area contributed by atoms with Gasteiger partial charge in [-0.25, -0.2) is 0 Å². The third-order valence-electron chi connectivity index (χ3n) is 4.82. The molecular formula is C24H18ClNO4S. The van der Waals surface area contributed by atoms with E-state index in [4.69, 9.17) is 21.1 Å². The van der Waals surface area contributed by atoms with Crippen molar-refractivity contribution in [3.05, 3.63) is 87.5 Å². The molecule has 1 aromatic heterocycles. The zero-order valence-electron chi connectivity index (χ0n) is 16.8. The number of carbonyl (C=O) groups is 1. The maximum atomic E-state index is 13.4. The van der Waals surface area contributed by atoms with E-state index in [0.717, 1.165) is 4.70 Å². The van der Waals surface area contributed by atoms with Gasteiger partial charge in [-0.05, 0) is 42.0 Å². The number of methoxy groups -OCH3 is 2. The Balaban J connectivity index is 1.91. The summed E-state index contributed by atoms with van der Waals surface area (Å²) in [5, 5.41) is 4.23. The number of fused-ring (bicyclic) bond motifs is 1. The molecule has 0 aliphatic heterocycles. The summed E-state index contributed by atoms with van der Waals surface area (Å²) in [6, 6.07) is 19.3. The molecule has 3 aromatic carbocycles. The fourth-order valence-electron chi connectivity index (χ4n) is 3.30. The maximum absolute atomic E-state index is 13.4. The molecule has 0 saturated heterocycles. The summed E-state index contributed by atoms with van der Waals surface area (Å²) in [4.78, 5) is 26.4. The van der Waals surface area contributed by atoms with Gasteiger partial charge in [0.1, 0.15) is 5.00 Å². The summed E-state index contributed by atoms with van der Waals surface area (Å²) in [7, 11) is 3.08. The van der Waals surface area contributed by atoms with Crippen LogP contribution >= 0.6 is 22.9 Å². The van der Waals surface area contributed by atoms with Crippen LogP contribution in [-0.4, -0.2) is 20.1 Å². The number of nitrogens with one attached hydrogen (secondary N) is 1. The molecule has 5 nitrogen and oxygen atoms in total. The Hall–Kier alpha value is -3.35. The van der Waals surface area contributed by atoms with Gasteiger partial charge in [0, 0.05) is 10.1 Å². The van der Waals surface area contributed by atoms with Gasteiger partial charge in [0.25, 0.3) is 5.91 Å². The van der Waals surface area contributed by atoms with Crippen molar-refractivity contribution in [3.63, 3.8) is 0 Å². The second-order valence-electron chi connectivity index (χ2n) is 6.64. The molecular weight excluding hydrogens is 434 g/mol. The van der Waals surface area contributed by atoms with E-state index >= 15 is 0 Å². The van der Waals surface area contributed by atoms with Crippen molar-refractivity contribution in [2.75, 3.05) is 19.5 Å². The first-order valence-electron chi connectivity index (χ1n) is 9.37. The minimum Gasteiger partial charge on any atom is -0.493 e. The molecule has 4 rings (SSSR count). The summed E-state index contributed by atoms with van der Waals surface area (Å²) in [6.45, 7) is 0. The summed E-state index contributed by atoms with van der Waals surface area (Å²) < 4.78 is 11.5. The minimum atomic E-state index is -0.391. The molecule has 1 N–H and O–H groups in total. The highest BCUT2D eigenvalue weighted by molar-refractivity contribution is 7.22. The molecule has 1 amide bonds. The highest BCUT2D eigenvalue weighted by Crippen LogP contribution is 2.38. The number of hydrogen-bond donors (Lipinski definition) is 1. The van der Waals surface area contributed by atoms with Gasteiger partial charge in [-0.2, -0.15) is 0 Å². The van der Waals surface area contributed by atoms with Gasteiger partial charge < -0.3 is 14.8 Å². The summed E-state index contributed by atoms with van der Waals surface area (Å²) >= 11 is 7.52. The quantitative estimate of drug-likeness (QED) is 0.413. The van der Waals surface area contributed by atoms with Gasteiger partial charge in [-0.15, -0.1) is 11.3 Å². The van der Waals surface area contributed by atoms with E-state index in [1.807, 2.05) is 18.2 Å². The fraction of sp³-hybridized carbons (Fsp3) is 0.0833. The van der Waals surface area contributed by atoms with Gasteiger partial charge in [0.05, 0.1) is 30.4 Å². The fourth-order valence-corrected chi connectivity index (χ4v) is 4.61. The Morgan fingerprint density at radius 2 is 1.65 bits per heavy atom. The number of hydrogen-bond acceptors (Lipinski definition) is 5. The molecule has 0 fully saturated rings. The molecule has 156 valence electrons. The standard InChI is InChI=1S/C24H18ClNO4S/c1-29-18-12-11-14(13-19(18)30-2)21-22(27)16-8-4-6-10-20(16)31-24(21)26-23(28)15-7-3-5-9-17(15)25/h3-13H,1-2H3,(H,26,28). The first kappa shape index (κ1) is 20.9. The third-order valence-corrected chi connectivity index (χ3v) is 6.23. The second-order valence-corrected chi connectivity index (χ2v) is 8.09. The molecule has 7 heteroatoms. The van der Waals surface area contributed by atoms with Gasteiger partial charge in [0.2, 0.25) is 0 Å². The average Bonchev–Trinajstić information content (AvgIpc) is 2.79. The smallest absolute Gasteiger partial charge is 0.257 e. The molecule has 0 atom stereocenters. The van der Waals surface area contributed by atoms with Crippen molar-refractivity contribution in [1.29, 1.82) is 0 Å². The zero-order chi connectivity index (χ0) is 22.0. The molecule has 0 bridgehead atoms. The highest BCUT2D eigenvalue weighted by Gasteiger charge is 2.19. The van der Waals surface area contributed by atoms with Gasteiger partial charge in [-0.1, -0.05) is 41.9 Å². The Morgan fingerprint density at radius 1 is 0.935 bits per heavy atom. The first-order valence-corrected chi connectivity index (χ1v) is 10.6. The second kappa shape index (κ2) is 8.79. The van der Waals surface area contributed by atoms with Crippen LogP contribution in [0.3, 0.4) is 0 Å². The summed E-state index contributed by atoms with van der Waals surface area (Å²) in [5.41, 5.74) is 1.13. The molecule has 0 aliphatic rings. The predicted molar refractivity (Wildman–Crippen MR) is 126 cm³/mol. The van der Waals surface area contributed by atoms with Crippen molar-refractivity contribution >= 4 is 43.9 Å². The lowest BCUT2D eigenvalue weighted by molar-refractivity contribution is 0.102. The molecule has 0 radical (unpaired) electrons. The Kier molecular flexibility index (Phi) is 5.93. The van der Waals surface area contributed by atoms with Crippen LogP contribution in [0.2, 0.25) is 5.02 Å². The summed E-state index contributed by atoms with van der Waals surface area (Å²) in [5.74, 6) is 0.643. The van der Waals surface area contributed by atoms with Crippen molar-refractivity contribution in [2.24, 2.45) is 0 Å². The van der Waals surface area contributed by atoms with E-state index in [9.17, 15) is 9.59 Å². The largest absolute Gasteiger partial charge is 0.493 e. The van der Waals surface area contributed by atoms with Crippen LogP contribution in [0.1, 0.15) is 10.4 Å². The van der Waals surface area contributed by atoms with Crippen LogP contribution in [0, 0.1) is 0 Å². The van der Waals surface area contributed by atoms with Gasteiger partial charge in [-0.3, -0.25) is 9.59 Å². The minimum absolute atomic E-state index is 0.184. The topological polar surface area (TPSA) is 64.6 Å². The number of rotatable bonds is 5. The number of ether oxygens (including phenoxy) is 2. The van der Waals surface area contributed by atoms with Crippen molar-refractivity contribution in [3.8, 4) is 22.6 Å². The highest BCUT2D eigenvalue weighted by atomic mass is 35.5. The Morgan fingerprint density at radius 3 is 2.39 bits per heavy atom. The molecule has 0 aliphatic carbocycles. The number of benzene rings is 3. The Labute approximate surface area is 187 Å². The van der Waals surface area contributed by atoms with E-state index in [1.165, 1.54) is 18.4 Å². The van der Waals surface area contributed by atoms with Crippen molar-refractivity contribution < 1.29 is 14.3 Å². The molecule has 4 aromatic rings. The van der Waals surface area contributed by atoms with Crippen LogP contribution in [0.25, 0.3) is 21.2 Å². The van der Waals surface area contributed by atoms with Crippen LogP contribution in [0.15, 0.2) is 71.5 Å². The van der Waals surface area contributed by atoms with E-state index < -0.39 is 5.91 Å². The summed E-state index contributed by atoms with van der Waals surface area (Å²) in [6.07, 6.45) is 0. The monoisotopic (exact) mass is 451 g/mol. The maximum Gasteiger partial charge on any atom is 0.257 e. The van der Waals surface area contributed by atoms with E-state index in [2.05, 4.69) is 5.32 Å². The lowest BCUT2D eigenvalue weighted by Gasteiger charge is -2.14. The normalized spacial score (nSPS) is 10.7. The molecule has 0 saturated carbocycles. The average molecular weight is 452 g/mol. The van der Waals surface area contributed by atoms with Crippen molar-refractivity contribution in [2.45, 2.75) is 0 Å². The van der Waals surface area contributed by atoms with Gasteiger partial charge in [0.15, 0.2) is 16.9 Å².